The van der Waals surface area contributed by atoms with Gasteiger partial charge in [-0.3, -0.25) is 4.79 Å². The fourth-order valence-corrected chi connectivity index (χ4v) is 2.40. The molecule has 1 aromatic carbocycles. The van der Waals surface area contributed by atoms with E-state index in [-0.39, 0.29) is 40.7 Å². The summed E-state index contributed by atoms with van der Waals surface area (Å²) in [6.45, 7) is -1.70. The lowest BCUT2D eigenvalue weighted by molar-refractivity contribution is -0.0516. The molecular weight excluding hydrogens is 352 g/mol. The molecule has 0 aliphatic rings. The molecule has 0 unspecified atom stereocenters. The summed E-state index contributed by atoms with van der Waals surface area (Å²) in [5.41, 5.74) is -0.127. The zero-order chi connectivity index (χ0) is 19.4. The summed E-state index contributed by atoms with van der Waals surface area (Å²) in [5, 5.41) is 9.04. The van der Waals surface area contributed by atoms with E-state index in [1.807, 2.05) is 0 Å². The molecule has 1 amide bonds. The quantitative estimate of drug-likeness (QED) is 0.806. The molecule has 0 saturated carbocycles. The summed E-state index contributed by atoms with van der Waals surface area (Å²) in [6.07, 6.45) is 0. The number of halogens is 2. The van der Waals surface area contributed by atoms with Crippen LogP contribution < -0.4 is 9.47 Å². The van der Waals surface area contributed by atoms with E-state index in [4.69, 9.17) is 14.3 Å². The van der Waals surface area contributed by atoms with E-state index in [2.05, 4.69) is 4.74 Å². The minimum atomic E-state index is -3.13. The van der Waals surface area contributed by atoms with Crippen LogP contribution >= 0.6 is 0 Å². The number of carbonyl (C=O) groups excluding carboxylic acids is 1. The van der Waals surface area contributed by atoms with E-state index in [1.54, 1.807) is 0 Å². The Morgan fingerprint density at radius 2 is 2.00 bits per heavy atom. The molecule has 1 N–H and O–H groups in total. The molecule has 1 aromatic heterocycles. The van der Waals surface area contributed by atoms with Crippen molar-refractivity contribution < 1.29 is 37.4 Å². The van der Waals surface area contributed by atoms with Gasteiger partial charge in [0.15, 0.2) is 11.5 Å². The Bertz CT molecular complexity index is 818. The van der Waals surface area contributed by atoms with Gasteiger partial charge in [0.2, 0.25) is 0 Å². The van der Waals surface area contributed by atoms with Crippen LogP contribution in [0.25, 0.3) is 0 Å². The summed E-state index contributed by atoms with van der Waals surface area (Å²) in [6, 6.07) is 5.50. The number of amides is 1. The van der Waals surface area contributed by atoms with Crippen LogP contribution in [0.4, 0.5) is 8.78 Å². The van der Waals surface area contributed by atoms with E-state index >= 15 is 0 Å². The highest BCUT2D eigenvalue weighted by molar-refractivity contribution is 5.97. The molecule has 1 heterocycles. The first kappa shape index (κ1) is 19.2. The SMILES string of the molecule is COc1cccc(C(=O)N(C)Cc2cc(C(=O)O)c(C)o2)c1OC(F)F. The van der Waals surface area contributed by atoms with Gasteiger partial charge < -0.3 is 23.9 Å². The Balaban J connectivity index is 2.28. The standard InChI is InChI=1S/C17H17F2NO6/c1-9-12(16(22)23)7-10(25-9)8-20(2)15(21)11-5-4-6-13(24-3)14(11)26-17(18)19/h4-7,17H,8H2,1-3H3,(H,22,23). The number of alkyl halides is 2. The first-order valence-corrected chi connectivity index (χ1v) is 7.44. The van der Waals surface area contributed by atoms with Crippen molar-refractivity contribution in [1.82, 2.24) is 4.90 Å². The van der Waals surface area contributed by atoms with Gasteiger partial charge in [0.05, 0.1) is 19.2 Å². The second-order valence-electron chi connectivity index (χ2n) is 5.36. The number of hydrogen-bond acceptors (Lipinski definition) is 5. The highest BCUT2D eigenvalue weighted by Crippen LogP contribution is 2.33. The Morgan fingerprint density at radius 3 is 2.54 bits per heavy atom. The molecule has 0 radical (unpaired) electrons. The van der Waals surface area contributed by atoms with E-state index in [0.29, 0.717) is 0 Å². The first-order valence-electron chi connectivity index (χ1n) is 7.44. The third-order valence-corrected chi connectivity index (χ3v) is 3.58. The number of rotatable bonds is 7. The van der Waals surface area contributed by atoms with Crippen molar-refractivity contribution in [3.63, 3.8) is 0 Å². The van der Waals surface area contributed by atoms with Crippen molar-refractivity contribution in [2.24, 2.45) is 0 Å². The van der Waals surface area contributed by atoms with Crippen molar-refractivity contribution in [3.05, 3.63) is 46.9 Å². The van der Waals surface area contributed by atoms with Crippen LogP contribution in [0.3, 0.4) is 0 Å². The molecule has 0 aliphatic heterocycles. The number of carbonyl (C=O) groups is 2. The van der Waals surface area contributed by atoms with Crippen LogP contribution in [0.1, 0.15) is 32.2 Å². The zero-order valence-corrected chi connectivity index (χ0v) is 14.3. The van der Waals surface area contributed by atoms with Crippen LogP contribution in [0.5, 0.6) is 11.5 Å². The highest BCUT2D eigenvalue weighted by atomic mass is 19.3. The van der Waals surface area contributed by atoms with Gasteiger partial charge in [-0.05, 0) is 25.1 Å². The molecule has 140 valence electrons. The lowest BCUT2D eigenvalue weighted by Gasteiger charge is -2.19. The van der Waals surface area contributed by atoms with Crippen molar-refractivity contribution in [2.75, 3.05) is 14.2 Å². The maximum Gasteiger partial charge on any atom is 0.387 e. The number of furan rings is 1. The molecule has 0 spiro atoms. The van der Waals surface area contributed by atoms with Crippen LogP contribution in [0.2, 0.25) is 0 Å². The summed E-state index contributed by atoms with van der Waals surface area (Å²) in [5.74, 6) is -1.70. The third-order valence-electron chi connectivity index (χ3n) is 3.58. The minimum Gasteiger partial charge on any atom is -0.493 e. The normalized spacial score (nSPS) is 10.7. The fraction of sp³-hybridized carbons (Fsp3) is 0.294. The van der Waals surface area contributed by atoms with Crippen LogP contribution in [-0.2, 0) is 6.54 Å². The molecule has 0 aliphatic carbocycles. The monoisotopic (exact) mass is 369 g/mol. The van der Waals surface area contributed by atoms with Crippen molar-refractivity contribution >= 4 is 11.9 Å². The minimum absolute atomic E-state index is 0.00782. The maximum absolute atomic E-state index is 12.7. The summed E-state index contributed by atoms with van der Waals surface area (Å²) in [4.78, 5) is 24.9. The summed E-state index contributed by atoms with van der Waals surface area (Å²) >= 11 is 0. The maximum atomic E-state index is 12.7. The Morgan fingerprint density at radius 1 is 1.31 bits per heavy atom. The number of hydrogen-bond donors (Lipinski definition) is 1. The van der Waals surface area contributed by atoms with Gasteiger partial charge in [0.25, 0.3) is 5.91 Å². The number of ether oxygens (including phenoxy) is 2. The smallest absolute Gasteiger partial charge is 0.387 e. The molecule has 9 heteroatoms. The van der Waals surface area contributed by atoms with E-state index in [0.717, 1.165) is 0 Å². The second-order valence-corrected chi connectivity index (χ2v) is 5.36. The zero-order valence-electron chi connectivity index (χ0n) is 14.3. The van der Waals surface area contributed by atoms with E-state index in [1.165, 1.54) is 50.2 Å². The first-order chi connectivity index (χ1) is 12.2. The van der Waals surface area contributed by atoms with Crippen LogP contribution in [0.15, 0.2) is 28.7 Å². The number of para-hydroxylation sites is 1. The van der Waals surface area contributed by atoms with Gasteiger partial charge in [0.1, 0.15) is 17.1 Å². The van der Waals surface area contributed by atoms with Gasteiger partial charge in [-0.2, -0.15) is 8.78 Å². The predicted molar refractivity (Wildman–Crippen MR) is 85.8 cm³/mol. The molecule has 0 bridgehead atoms. The largest absolute Gasteiger partial charge is 0.493 e. The van der Waals surface area contributed by atoms with Crippen LogP contribution in [0, 0.1) is 6.92 Å². The molecule has 26 heavy (non-hydrogen) atoms. The topological polar surface area (TPSA) is 89.2 Å². The van der Waals surface area contributed by atoms with E-state index in [9.17, 15) is 18.4 Å². The lowest BCUT2D eigenvalue weighted by Crippen LogP contribution is -2.27. The molecule has 0 saturated heterocycles. The Kier molecular flexibility index (Phi) is 5.81. The predicted octanol–water partition coefficient (Wildman–Crippen LogP) is 3.17. The summed E-state index contributed by atoms with van der Waals surface area (Å²) < 4.78 is 40.1. The second kappa shape index (κ2) is 7.85. The fourth-order valence-electron chi connectivity index (χ4n) is 2.40. The van der Waals surface area contributed by atoms with Gasteiger partial charge in [-0.25, -0.2) is 4.79 Å². The molecule has 2 aromatic rings. The highest BCUT2D eigenvalue weighted by Gasteiger charge is 2.24. The van der Waals surface area contributed by atoms with Crippen molar-refractivity contribution in [1.29, 1.82) is 0 Å². The average Bonchev–Trinajstić information content (AvgIpc) is 2.94. The average molecular weight is 369 g/mol. The number of carboxylic acids is 1. The van der Waals surface area contributed by atoms with Crippen molar-refractivity contribution in [3.8, 4) is 11.5 Å². The van der Waals surface area contributed by atoms with Gasteiger partial charge in [0, 0.05) is 7.05 Å². The van der Waals surface area contributed by atoms with Gasteiger partial charge >= 0.3 is 12.6 Å². The van der Waals surface area contributed by atoms with E-state index < -0.39 is 18.5 Å². The van der Waals surface area contributed by atoms with Crippen molar-refractivity contribution in [2.45, 2.75) is 20.1 Å². The number of methoxy groups -OCH3 is 1. The number of benzene rings is 1. The van der Waals surface area contributed by atoms with Gasteiger partial charge in [-0.15, -0.1) is 0 Å². The molecule has 2 rings (SSSR count). The molecule has 0 atom stereocenters. The molecular formula is C17H17F2NO6. The third kappa shape index (κ3) is 4.11. The number of nitrogens with zero attached hydrogens (tertiary/aromatic N) is 1. The molecule has 0 fully saturated rings. The Labute approximate surface area is 147 Å². The van der Waals surface area contributed by atoms with Gasteiger partial charge in [-0.1, -0.05) is 6.07 Å². The Hall–Kier alpha value is -3.10. The summed E-state index contributed by atoms with van der Waals surface area (Å²) in [7, 11) is 2.69. The number of aromatic carboxylic acids is 1. The number of carboxylic acid groups (broad SMARTS) is 1. The van der Waals surface area contributed by atoms with Crippen LogP contribution in [-0.4, -0.2) is 42.7 Å². The lowest BCUT2D eigenvalue weighted by atomic mass is 10.1. The number of aryl methyl sites for hydroxylation is 1. The molecule has 7 nitrogen and oxygen atoms in total.